The van der Waals surface area contributed by atoms with E-state index in [0.717, 1.165) is 12.8 Å². The van der Waals surface area contributed by atoms with Crippen molar-refractivity contribution >= 4 is 0 Å². The van der Waals surface area contributed by atoms with Crippen molar-refractivity contribution < 1.29 is 29.9 Å². The molecule has 6 heteroatoms. The fraction of sp³-hybridized carbons (Fsp3) is 0.632. The molecule has 1 aliphatic rings. The van der Waals surface area contributed by atoms with E-state index in [4.69, 9.17) is 9.47 Å². The van der Waals surface area contributed by atoms with E-state index >= 15 is 0 Å². The minimum absolute atomic E-state index is 0.110. The Kier molecular flexibility index (Phi) is 8.12. The minimum atomic E-state index is -1.43. The van der Waals surface area contributed by atoms with E-state index in [-0.39, 0.29) is 6.10 Å². The zero-order chi connectivity index (χ0) is 18.2. The summed E-state index contributed by atoms with van der Waals surface area (Å²) in [5.41, 5.74) is 0.521. The lowest BCUT2D eigenvalue weighted by Crippen LogP contribution is -2.55. The van der Waals surface area contributed by atoms with Gasteiger partial charge in [0.25, 0.3) is 0 Å². The molecule has 0 spiro atoms. The number of aliphatic hydroxyl groups excluding tert-OH is 4. The molecular formula is C19H29O6. The molecule has 0 saturated carbocycles. The van der Waals surface area contributed by atoms with E-state index in [2.05, 4.69) is 6.92 Å². The van der Waals surface area contributed by atoms with Crippen LogP contribution < -0.4 is 4.74 Å². The molecule has 0 amide bonds. The number of rotatable bonds is 9. The highest BCUT2D eigenvalue weighted by molar-refractivity contribution is 5.43. The van der Waals surface area contributed by atoms with Crippen molar-refractivity contribution in [3.05, 3.63) is 35.9 Å². The molecule has 4 atom stereocenters. The maximum Gasteiger partial charge on any atom is 0.161 e. The summed E-state index contributed by atoms with van der Waals surface area (Å²) in [5.74, 6) is 0.548. The van der Waals surface area contributed by atoms with Gasteiger partial charge >= 0.3 is 0 Å². The van der Waals surface area contributed by atoms with Gasteiger partial charge in [0.15, 0.2) is 6.10 Å². The molecule has 0 unspecified atom stereocenters. The third-order valence-electron chi connectivity index (χ3n) is 4.44. The Morgan fingerprint density at radius 3 is 2.44 bits per heavy atom. The number of benzene rings is 1. The standard InChI is InChI=1S/C19H29O6/c1-2-3-4-5-8-11-24-14-10-7-6-9-13(14)19-18(23)17(22)16(21)15(12-20)25-19/h6-7,9-10,15-18,20-23H,2-5,8,11-12H2,1H3/t15-,16-,17+,18+/m1/s1. The van der Waals surface area contributed by atoms with Crippen molar-refractivity contribution in [3.63, 3.8) is 0 Å². The summed E-state index contributed by atoms with van der Waals surface area (Å²) in [7, 11) is 0. The fourth-order valence-corrected chi connectivity index (χ4v) is 2.92. The van der Waals surface area contributed by atoms with Gasteiger partial charge in [-0.25, -0.2) is 0 Å². The van der Waals surface area contributed by atoms with E-state index in [1.165, 1.54) is 19.3 Å². The van der Waals surface area contributed by atoms with Gasteiger partial charge in [-0.15, -0.1) is 0 Å². The van der Waals surface area contributed by atoms with Gasteiger partial charge in [0.1, 0.15) is 30.2 Å². The lowest BCUT2D eigenvalue weighted by atomic mass is 9.91. The number of unbranched alkanes of at least 4 members (excludes halogenated alkanes) is 4. The summed E-state index contributed by atoms with van der Waals surface area (Å²) < 4.78 is 11.4. The molecule has 1 saturated heterocycles. The highest BCUT2D eigenvalue weighted by Gasteiger charge is 2.45. The highest BCUT2D eigenvalue weighted by atomic mass is 16.5. The zero-order valence-electron chi connectivity index (χ0n) is 14.7. The Morgan fingerprint density at radius 1 is 1.00 bits per heavy atom. The van der Waals surface area contributed by atoms with Crippen molar-refractivity contribution in [3.8, 4) is 5.75 Å². The normalized spacial score (nSPS) is 27.4. The van der Waals surface area contributed by atoms with Gasteiger partial charge in [0.2, 0.25) is 0 Å². The van der Waals surface area contributed by atoms with Crippen LogP contribution in [0.25, 0.3) is 0 Å². The van der Waals surface area contributed by atoms with Gasteiger partial charge in [0, 0.05) is 5.56 Å². The second kappa shape index (κ2) is 10.1. The van der Waals surface area contributed by atoms with Gasteiger partial charge in [-0.05, 0) is 12.5 Å². The van der Waals surface area contributed by atoms with Crippen molar-refractivity contribution in [1.82, 2.24) is 0 Å². The lowest BCUT2D eigenvalue weighted by molar-refractivity contribution is -0.184. The number of hydrogen-bond acceptors (Lipinski definition) is 6. The molecule has 1 radical (unpaired) electrons. The van der Waals surface area contributed by atoms with Gasteiger partial charge < -0.3 is 29.9 Å². The van der Waals surface area contributed by atoms with Gasteiger partial charge in [-0.2, -0.15) is 0 Å². The Balaban J connectivity index is 2.03. The molecule has 0 aromatic heterocycles. The van der Waals surface area contributed by atoms with Crippen LogP contribution in [0.1, 0.15) is 44.6 Å². The first-order valence-corrected chi connectivity index (χ1v) is 9.00. The average molecular weight is 353 g/mol. The minimum Gasteiger partial charge on any atom is -0.493 e. The SMILES string of the molecule is CCCCCCCOc1ccccc1[C]1O[C@H](CO)[C@@H](O)[C@H](O)[C@@H]1O. The Morgan fingerprint density at radius 2 is 1.72 bits per heavy atom. The molecule has 141 valence electrons. The number of hydrogen-bond donors (Lipinski definition) is 4. The predicted molar refractivity (Wildman–Crippen MR) is 93.0 cm³/mol. The van der Waals surface area contributed by atoms with Crippen LogP contribution in [-0.2, 0) is 4.74 Å². The average Bonchev–Trinajstić information content (AvgIpc) is 2.63. The highest BCUT2D eigenvalue weighted by Crippen LogP contribution is 2.36. The van der Waals surface area contributed by atoms with Crippen LogP contribution in [-0.4, -0.2) is 58.1 Å². The molecule has 25 heavy (non-hydrogen) atoms. The summed E-state index contributed by atoms with van der Waals surface area (Å²) in [6, 6.07) is 7.10. The smallest absolute Gasteiger partial charge is 0.161 e. The van der Waals surface area contributed by atoms with Gasteiger partial charge in [-0.1, -0.05) is 50.8 Å². The van der Waals surface area contributed by atoms with Crippen LogP contribution in [0.4, 0.5) is 0 Å². The first-order valence-electron chi connectivity index (χ1n) is 9.00. The third-order valence-corrected chi connectivity index (χ3v) is 4.44. The maximum atomic E-state index is 10.3. The molecule has 2 rings (SSSR count). The Bertz CT molecular complexity index is 506. The monoisotopic (exact) mass is 353 g/mol. The van der Waals surface area contributed by atoms with Gasteiger partial charge in [0.05, 0.1) is 13.2 Å². The van der Waals surface area contributed by atoms with Crippen LogP contribution in [0, 0.1) is 6.10 Å². The molecule has 4 N–H and O–H groups in total. The summed E-state index contributed by atoms with van der Waals surface area (Å²) in [4.78, 5) is 0. The molecular weight excluding hydrogens is 324 g/mol. The quantitative estimate of drug-likeness (QED) is 0.501. The summed E-state index contributed by atoms with van der Waals surface area (Å²) in [6.45, 7) is 2.26. The molecule has 0 bridgehead atoms. The van der Waals surface area contributed by atoms with E-state index in [9.17, 15) is 20.4 Å². The Labute approximate surface area is 149 Å². The molecule has 1 aromatic rings. The molecule has 1 heterocycles. The molecule has 1 aliphatic heterocycles. The fourth-order valence-electron chi connectivity index (χ4n) is 2.92. The molecule has 1 aromatic carbocycles. The van der Waals surface area contributed by atoms with Crippen LogP contribution in [0.2, 0.25) is 0 Å². The topological polar surface area (TPSA) is 99.4 Å². The molecule has 0 aliphatic carbocycles. The van der Waals surface area contributed by atoms with E-state index in [0.29, 0.717) is 17.9 Å². The third kappa shape index (κ3) is 5.15. The van der Waals surface area contributed by atoms with Crippen LogP contribution in [0.5, 0.6) is 5.75 Å². The zero-order valence-corrected chi connectivity index (χ0v) is 14.7. The first kappa shape index (κ1) is 20.1. The lowest BCUT2D eigenvalue weighted by Gasteiger charge is -2.39. The van der Waals surface area contributed by atoms with E-state index < -0.39 is 31.0 Å². The van der Waals surface area contributed by atoms with Crippen molar-refractivity contribution in [2.24, 2.45) is 0 Å². The van der Waals surface area contributed by atoms with E-state index in [1.807, 2.05) is 6.07 Å². The first-order chi connectivity index (χ1) is 12.1. The van der Waals surface area contributed by atoms with Crippen LogP contribution in [0.3, 0.4) is 0 Å². The van der Waals surface area contributed by atoms with Crippen LogP contribution in [0.15, 0.2) is 24.3 Å². The summed E-state index contributed by atoms with van der Waals surface area (Å²) in [5, 5.41) is 39.4. The summed E-state index contributed by atoms with van der Waals surface area (Å²) >= 11 is 0. The number of para-hydroxylation sites is 1. The summed E-state index contributed by atoms with van der Waals surface area (Å²) in [6.07, 6.45) is 0.591. The second-order valence-corrected chi connectivity index (χ2v) is 6.39. The second-order valence-electron chi connectivity index (χ2n) is 6.39. The number of aliphatic hydroxyl groups is 4. The largest absolute Gasteiger partial charge is 0.493 e. The molecule has 6 nitrogen and oxygen atoms in total. The Hall–Kier alpha value is -1.18. The maximum absolute atomic E-state index is 10.3. The van der Waals surface area contributed by atoms with Gasteiger partial charge in [-0.3, -0.25) is 0 Å². The van der Waals surface area contributed by atoms with Crippen molar-refractivity contribution in [2.45, 2.75) is 63.4 Å². The van der Waals surface area contributed by atoms with Crippen LogP contribution >= 0.6 is 0 Å². The predicted octanol–water partition coefficient (Wildman–Crippen LogP) is 1.39. The van der Waals surface area contributed by atoms with Crippen molar-refractivity contribution in [1.29, 1.82) is 0 Å². The van der Waals surface area contributed by atoms with E-state index in [1.54, 1.807) is 18.2 Å². The number of ether oxygens (including phenoxy) is 2. The molecule has 1 fully saturated rings. The van der Waals surface area contributed by atoms with Crippen molar-refractivity contribution in [2.75, 3.05) is 13.2 Å².